The van der Waals surface area contributed by atoms with E-state index in [1.54, 1.807) is 7.05 Å². The zero-order valence-corrected chi connectivity index (χ0v) is 7.08. The van der Waals surface area contributed by atoms with Crippen molar-refractivity contribution in [3.05, 3.63) is 39.7 Å². The third-order valence-corrected chi connectivity index (χ3v) is 1.61. The highest BCUT2D eigenvalue weighted by atomic mass is 19.1. The number of nitro benzene ring substituents is 1. The normalized spacial score (nSPS) is 10.0. The maximum atomic E-state index is 13.0. The van der Waals surface area contributed by atoms with Crippen molar-refractivity contribution >= 4 is 5.69 Å². The highest BCUT2D eigenvalue weighted by molar-refractivity contribution is 5.35. The van der Waals surface area contributed by atoms with Crippen molar-refractivity contribution in [1.29, 1.82) is 0 Å². The first-order chi connectivity index (χ1) is 6.15. The Morgan fingerprint density at radius 3 is 2.85 bits per heavy atom. The van der Waals surface area contributed by atoms with Gasteiger partial charge in [0.2, 0.25) is 0 Å². The number of halogens is 1. The van der Waals surface area contributed by atoms with E-state index in [0.29, 0.717) is 5.56 Å². The van der Waals surface area contributed by atoms with Gasteiger partial charge >= 0.3 is 0 Å². The highest BCUT2D eigenvalue weighted by Gasteiger charge is 2.09. The molecule has 0 saturated carbocycles. The summed E-state index contributed by atoms with van der Waals surface area (Å²) in [5.74, 6) is -0.431. The van der Waals surface area contributed by atoms with Gasteiger partial charge in [0, 0.05) is 24.2 Å². The van der Waals surface area contributed by atoms with Crippen LogP contribution in [0, 0.1) is 15.9 Å². The molecule has 13 heavy (non-hydrogen) atoms. The quantitative estimate of drug-likeness (QED) is 0.571. The van der Waals surface area contributed by atoms with Gasteiger partial charge in [-0.05, 0) is 13.1 Å². The zero-order chi connectivity index (χ0) is 9.84. The minimum Gasteiger partial charge on any atom is -0.316 e. The van der Waals surface area contributed by atoms with Gasteiger partial charge in [0.1, 0.15) is 5.82 Å². The third-order valence-electron chi connectivity index (χ3n) is 1.61. The molecule has 0 fully saturated rings. The molecule has 70 valence electrons. The Labute approximate surface area is 74.5 Å². The van der Waals surface area contributed by atoms with Crippen LogP contribution in [0.1, 0.15) is 5.56 Å². The average molecular weight is 184 g/mol. The van der Waals surface area contributed by atoms with E-state index >= 15 is 0 Å². The molecule has 0 aliphatic heterocycles. The summed E-state index contributed by atoms with van der Waals surface area (Å²) in [5, 5.41) is 13.1. The van der Waals surface area contributed by atoms with Gasteiger partial charge in [-0.15, -0.1) is 0 Å². The van der Waals surface area contributed by atoms with Crippen LogP contribution in [0.5, 0.6) is 0 Å². The number of nitrogens with zero attached hydrogens (tertiary/aromatic N) is 1. The monoisotopic (exact) mass is 184 g/mol. The van der Waals surface area contributed by atoms with E-state index < -0.39 is 10.7 Å². The molecule has 0 atom stereocenters. The van der Waals surface area contributed by atoms with Crippen molar-refractivity contribution < 1.29 is 9.31 Å². The van der Waals surface area contributed by atoms with Crippen molar-refractivity contribution in [1.82, 2.24) is 5.32 Å². The number of benzene rings is 1. The van der Waals surface area contributed by atoms with Crippen LogP contribution in [-0.4, -0.2) is 12.0 Å². The number of hydrogen-bond donors (Lipinski definition) is 1. The minimum atomic E-state index is -0.543. The van der Waals surface area contributed by atoms with Gasteiger partial charge in [-0.2, -0.15) is 0 Å². The number of non-ortho nitro benzene ring substituents is 1. The lowest BCUT2D eigenvalue weighted by atomic mass is 10.2. The maximum absolute atomic E-state index is 13.0. The summed E-state index contributed by atoms with van der Waals surface area (Å²) in [5.41, 5.74) is 0.211. The van der Waals surface area contributed by atoms with Crippen LogP contribution in [0.3, 0.4) is 0 Å². The molecule has 0 aromatic heterocycles. The van der Waals surface area contributed by atoms with Crippen molar-refractivity contribution in [3.8, 4) is 0 Å². The van der Waals surface area contributed by atoms with E-state index in [2.05, 4.69) is 5.32 Å². The Hall–Kier alpha value is -1.49. The first kappa shape index (κ1) is 9.60. The van der Waals surface area contributed by atoms with Gasteiger partial charge in [-0.25, -0.2) is 4.39 Å². The molecule has 1 aromatic carbocycles. The largest absolute Gasteiger partial charge is 0.316 e. The molecule has 0 radical (unpaired) electrons. The molecule has 0 bridgehead atoms. The van der Waals surface area contributed by atoms with Gasteiger partial charge < -0.3 is 5.32 Å². The highest BCUT2D eigenvalue weighted by Crippen LogP contribution is 2.16. The molecule has 4 nitrogen and oxygen atoms in total. The summed E-state index contributed by atoms with van der Waals surface area (Å²) in [4.78, 5) is 9.79. The van der Waals surface area contributed by atoms with Crippen molar-refractivity contribution in [2.24, 2.45) is 0 Å². The van der Waals surface area contributed by atoms with E-state index in [1.165, 1.54) is 6.07 Å². The molecule has 0 spiro atoms. The van der Waals surface area contributed by atoms with Crippen LogP contribution in [0.4, 0.5) is 10.1 Å². The molecule has 5 heteroatoms. The van der Waals surface area contributed by atoms with E-state index in [0.717, 1.165) is 12.1 Å². The molecule has 0 saturated heterocycles. The lowest BCUT2D eigenvalue weighted by Crippen LogP contribution is -2.07. The van der Waals surface area contributed by atoms with Gasteiger partial charge in [0.15, 0.2) is 0 Å². The number of hydrogen-bond acceptors (Lipinski definition) is 3. The molecule has 0 heterocycles. The predicted molar refractivity (Wildman–Crippen MR) is 45.8 cm³/mol. The lowest BCUT2D eigenvalue weighted by molar-refractivity contribution is -0.385. The summed E-state index contributed by atoms with van der Waals surface area (Å²) < 4.78 is 13.0. The molecule has 0 unspecified atom stereocenters. The Morgan fingerprint density at radius 1 is 1.62 bits per heavy atom. The van der Waals surface area contributed by atoms with Crippen molar-refractivity contribution in [3.63, 3.8) is 0 Å². The van der Waals surface area contributed by atoms with Gasteiger partial charge in [-0.1, -0.05) is 0 Å². The van der Waals surface area contributed by atoms with Crippen LogP contribution in [0.25, 0.3) is 0 Å². The summed E-state index contributed by atoms with van der Waals surface area (Å²) in [6.07, 6.45) is 0. The molecule has 1 aromatic rings. The predicted octanol–water partition coefficient (Wildman–Crippen LogP) is 1.45. The average Bonchev–Trinajstić information content (AvgIpc) is 2.08. The van der Waals surface area contributed by atoms with E-state index in [4.69, 9.17) is 0 Å². The molecule has 0 amide bonds. The lowest BCUT2D eigenvalue weighted by Gasteiger charge is -2.00. The van der Waals surface area contributed by atoms with Crippen LogP contribution in [0.15, 0.2) is 18.2 Å². The topological polar surface area (TPSA) is 55.2 Å². The standard InChI is InChI=1S/C8H9FN2O2/c1-10-5-6-4-7(11(12)13)2-3-8(6)9/h2-4,10H,5H2,1H3. The van der Waals surface area contributed by atoms with Crippen LogP contribution < -0.4 is 5.32 Å². The summed E-state index contributed by atoms with van der Waals surface area (Å²) >= 11 is 0. The van der Waals surface area contributed by atoms with E-state index in [1.807, 2.05) is 0 Å². The van der Waals surface area contributed by atoms with Crippen molar-refractivity contribution in [2.75, 3.05) is 7.05 Å². The van der Waals surface area contributed by atoms with Crippen LogP contribution in [0.2, 0.25) is 0 Å². The molecule has 0 aliphatic rings. The van der Waals surface area contributed by atoms with Crippen molar-refractivity contribution in [2.45, 2.75) is 6.54 Å². The fourth-order valence-corrected chi connectivity index (χ4v) is 1.00. The third kappa shape index (κ3) is 2.22. The van der Waals surface area contributed by atoms with Crippen LogP contribution >= 0.6 is 0 Å². The molecular weight excluding hydrogens is 175 g/mol. The summed E-state index contributed by atoms with van der Waals surface area (Å²) in [6.45, 7) is 0.285. The SMILES string of the molecule is CNCc1cc([N+](=O)[O-])ccc1F. The Bertz CT molecular complexity index is 328. The summed E-state index contributed by atoms with van der Waals surface area (Å²) in [6, 6.07) is 3.48. The zero-order valence-electron chi connectivity index (χ0n) is 7.08. The number of rotatable bonds is 3. The number of nitrogens with one attached hydrogen (secondary N) is 1. The first-order valence-electron chi connectivity index (χ1n) is 3.72. The number of nitro groups is 1. The minimum absolute atomic E-state index is 0.0911. The van der Waals surface area contributed by atoms with Gasteiger partial charge in [-0.3, -0.25) is 10.1 Å². The fourth-order valence-electron chi connectivity index (χ4n) is 1.00. The van der Waals surface area contributed by atoms with Crippen LogP contribution in [-0.2, 0) is 6.54 Å². The summed E-state index contributed by atoms with van der Waals surface area (Å²) in [7, 11) is 1.65. The van der Waals surface area contributed by atoms with Gasteiger partial charge in [0.25, 0.3) is 5.69 Å². The van der Waals surface area contributed by atoms with E-state index in [-0.39, 0.29) is 12.2 Å². The second-order valence-corrected chi connectivity index (χ2v) is 2.56. The maximum Gasteiger partial charge on any atom is 0.269 e. The molecular formula is C8H9FN2O2. The van der Waals surface area contributed by atoms with Gasteiger partial charge in [0.05, 0.1) is 4.92 Å². The second-order valence-electron chi connectivity index (χ2n) is 2.56. The molecule has 0 aliphatic carbocycles. The Balaban J connectivity index is 3.03. The molecule has 1 N–H and O–H groups in total. The Kier molecular flexibility index (Phi) is 2.92. The fraction of sp³-hybridized carbons (Fsp3) is 0.250. The second kappa shape index (κ2) is 3.95. The Morgan fingerprint density at radius 2 is 2.31 bits per heavy atom. The smallest absolute Gasteiger partial charge is 0.269 e. The molecule has 1 rings (SSSR count). The first-order valence-corrected chi connectivity index (χ1v) is 3.72. The van der Waals surface area contributed by atoms with E-state index in [9.17, 15) is 14.5 Å².